The van der Waals surface area contributed by atoms with Gasteiger partial charge in [0.1, 0.15) is 0 Å². The van der Waals surface area contributed by atoms with Crippen LogP contribution in [0, 0.1) is 19.7 Å². The molecule has 0 radical (unpaired) electrons. The predicted octanol–water partition coefficient (Wildman–Crippen LogP) is 1.38. The second kappa shape index (κ2) is 8.47. The number of hydrogen-bond donors (Lipinski definition) is 1. The molecular weight excluding hydrogens is 365 g/mol. The molecule has 0 spiro atoms. The van der Waals surface area contributed by atoms with E-state index in [1.807, 2.05) is 19.9 Å². The SMILES string of the molecule is Cc1cc(C)n(-c2ccc(=O)n(CCNC(=O)COc3ccccc3F)n2)n1. The van der Waals surface area contributed by atoms with Crippen LogP contribution < -0.4 is 15.6 Å². The Balaban J connectivity index is 1.56. The van der Waals surface area contributed by atoms with E-state index in [1.165, 1.54) is 28.9 Å². The van der Waals surface area contributed by atoms with E-state index in [0.717, 1.165) is 11.4 Å². The number of rotatable bonds is 7. The van der Waals surface area contributed by atoms with Crippen molar-refractivity contribution in [2.45, 2.75) is 20.4 Å². The van der Waals surface area contributed by atoms with Crippen LogP contribution in [0.2, 0.25) is 0 Å². The highest BCUT2D eigenvalue weighted by Gasteiger charge is 2.09. The lowest BCUT2D eigenvalue weighted by Gasteiger charge is -2.10. The number of nitrogens with one attached hydrogen (secondary N) is 1. The second-order valence-electron chi connectivity index (χ2n) is 6.16. The Bertz CT molecular complexity index is 1040. The molecule has 0 unspecified atom stereocenters. The average molecular weight is 385 g/mol. The van der Waals surface area contributed by atoms with E-state index in [0.29, 0.717) is 5.82 Å². The average Bonchev–Trinajstić information content (AvgIpc) is 3.01. The van der Waals surface area contributed by atoms with Gasteiger partial charge in [-0.15, -0.1) is 5.10 Å². The fraction of sp³-hybridized carbons (Fsp3) is 0.263. The highest BCUT2D eigenvalue weighted by molar-refractivity contribution is 5.77. The quantitative estimate of drug-likeness (QED) is 0.664. The number of benzene rings is 1. The molecule has 0 fully saturated rings. The fourth-order valence-electron chi connectivity index (χ4n) is 2.63. The van der Waals surface area contributed by atoms with Crippen molar-refractivity contribution in [2.75, 3.05) is 13.2 Å². The first-order valence-corrected chi connectivity index (χ1v) is 8.70. The third-order valence-electron chi connectivity index (χ3n) is 3.92. The van der Waals surface area contributed by atoms with Crippen LogP contribution in [0.1, 0.15) is 11.4 Å². The number of amides is 1. The molecule has 1 N–H and O–H groups in total. The molecule has 2 aromatic heterocycles. The Morgan fingerprint density at radius 1 is 1.18 bits per heavy atom. The Hall–Kier alpha value is -3.49. The smallest absolute Gasteiger partial charge is 0.266 e. The summed E-state index contributed by atoms with van der Waals surface area (Å²) in [6.45, 7) is 3.80. The molecule has 1 aromatic carbocycles. The summed E-state index contributed by atoms with van der Waals surface area (Å²) >= 11 is 0. The lowest BCUT2D eigenvalue weighted by Crippen LogP contribution is -2.34. The van der Waals surface area contributed by atoms with Gasteiger partial charge in [-0.25, -0.2) is 13.8 Å². The van der Waals surface area contributed by atoms with E-state index in [2.05, 4.69) is 15.5 Å². The summed E-state index contributed by atoms with van der Waals surface area (Å²) in [6, 6.07) is 10.8. The van der Waals surface area contributed by atoms with Crippen molar-refractivity contribution < 1.29 is 13.9 Å². The molecule has 2 heterocycles. The Morgan fingerprint density at radius 3 is 2.68 bits per heavy atom. The fourth-order valence-corrected chi connectivity index (χ4v) is 2.63. The molecular formula is C19H20FN5O3. The number of nitrogens with zero attached hydrogens (tertiary/aromatic N) is 4. The van der Waals surface area contributed by atoms with Gasteiger partial charge < -0.3 is 10.1 Å². The zero-order valence-electron chi connectivity index (χ0n) is 15.6. The van der Waals surface area contributed by atoms with Crippen LogP contribution >= 0.6 is 0 Å². The van der Waals surface area contributed by atoms with Crippen molar-refractivity contribution in [1.29, 1.82) is 0 Å². The monoisotopic (exact) mass is 385 g/mol. The van der Waals surface area contributed by atoms with E-state index in [4.69, 9.17) is 4.74 Å². The van der Waals surface area contributed by atoms with Gasteiger partial charge in [-0.2, -0.15) is 5.10 Å². The van der Waals surface area contributed by atoms with Gasteiger partial charge in [0.15, 0.2) is 24.0 Å². The third-order valence-corrected chi connectivity index (χ3v) is 3.92. The maximum Gasteiger partial charge on any atom is 0.266 e. The first-order valence-electron chi connectivity index (χ1n) is 8.70. The Kier molecular flexibility index (Phi) is 5.83. The molecule has 1 amide bonds. The van der Waals surface area contributed by atoms with Crippen LogP contribution in [-0.2, 0) is 11.3 Å². The molecule has 0 aliphatic carbocycles. The molecule has 9 heteroatoms. The number of hydrogen-bond acceptors (Lipinski definition) is 5. The van der Waals surface area contributed by atoms with Crippen molar-refractivity contribution >= 4 is 5.91 Å². The molecule has 0 aliphatic rings. The summed E-state index contributed by atoms with van der Waals surface area (Å²) in [5.74, 6) is -0.439. The number of aryl methyl sites for hydroxylation is 2. The highest BCUT2D eigenvalue weighted by Crippen LogP contribution is 2.14. The molecule has 0 bridgehead atoms. The summed E-state index contributed by atoms with van der Waals surface area (Å²) in [7, 11) is 0. The molecule has 3 aromatic rings. The van der Waals surface area contributed by atoms with Gasteiger partial charge in [-0.1, -0.05) is 12.1 Å². The molecule has 0 saturated carbocycles. The first-order chi connectivity index (χ1) is 13.4. The van der Waals surface area contributed by atoms with Crippen LogP contribution in [0.5, 0.6) is 5.75 Å². The zero-order chi connectivity index (χ0) is 20.1. The van der Waals surface area contributed by atoms with Crippen molar-refractivity contribution in [1.82, 2.24) is 24.9 Å². The minimum Gasteiger partial charge on any atom is -0.481 e. The topological polar surface area (TPSA) is 91.0 Å². The van der Waals surface area contributed by atoms with Crippen LogP contribution in [0.25, 0.3) is 5.82 Å². The highest BCUT2D eigenvalue weighted by atomic mass is 19.1. The van der Waals surface area contributed by atoms with E-state index in [1.54, 1.807) is 16.8 Å². The summed E-state index contributed by atoms with van der Waals surface area (Å²) in [5.41, 5.74) is 1.45. The third kappa shape index (κ3) is 4.61. The summed E-state index contributed by atoms with van der Waals surface area (Å²) in [5, 5.41) is 11.2. The maximum absolute atomic E-state index is 13.5. The van der Waals surface area contributed by atoms with Gasteiger partial charge in [-0.05, 0) is 38.1 Å². The minimum atomic E-state index is -0.535. The molecule has 28 heavy (non-hydrogen) atoms. The molecule has 0 aliphatic heterocycles. The number of para-hydroxylation sites is 1. The summed E-state index contributed by atoms with van der Waals surface area (Å²) in [4.78, 5) is 23.9. The normalized spacial score (nSPS) is 10.7. The van der Waals surface area contributed by atoms with Crippen molar-refractivity contribution in [3.63, 3.8) is 0 Å². The first kappa shape index (κ1) is 19.3. The Morgan fingerprint density at radius 2 is 1.96 bits per heavy atom. The lowest BCUT2D eigenvalue weighted by atomic mass is 10.3. The maximum atomic E-state index is 13.5. The minimum absolute atomic E-state index is 0.00752. The standard InChI is InChI=1S/C19H20FN5O3/c1-13-11-14(2)25(22-13)17-7-8-19(27)24(23-17)10-9-21-18(26)12-28-16-6-4-3-5-15(16)20/h3-8,11H,9-10,12H2,1-2H3,(H,21,26). The summed E-state index contributed by atoms with van der Waals surface area (Å²) in [6.07, 6.45) is 0. The van der Waals surface area contributed by atoms with Crippen molar-refractivity contribution in [2.24, 2.45) is 0 Å². The number of aromatic nitrogens is 4. The van der Waals surface area contributed by atoms with Crippen molar-refractivity contribution in [3.05, 3.63) is 70.0 Å². The van der Waals surface area contributed by atoms with Crippen molar-refractivity contribution in [3.8, 4) is 11.6 Å². The number of halogens is 1. The molecule has 146 valence electrons. The second-order valence-corrected chi connectivity index (χ2v) is 6.16. The van der Waals surface area contributed by atoms with Crippen LogP contribution in [-0.4, -0.2) is 38.6 Å². The zero-order valence-corrected chi connectivity index (χ0v) is 15.6. The number of ether oxygens (including phenoxy) is 1. The molecule has 3 rings (SSSR count). The van der Waals surface area contributed by atoms with Gasteiger partial charge in [0.25, 0.3) is 11.5 Å². The van der Waals surface area contributed by atoms with Gasteiger partial charge in [-0.3, -0.25) is 9.59 Å². The predicted molar refractivity (Wildman–Crippen MR) is 100.0 cm³/mol. The van der Waals surface area contributed by atoms with E-state index < -0.39 is 11.7 Å². The Labute approximate surface area is 160 Å². The number of carbonyl (C=O) groups excluding carboxylic acids is 1. The summed E-state index contributed by atoms with van der Waals surface area (Å²) < 4.78 is 21.5. The van der Waals surface area contributed by atoms with Gasteiger partial charge in [0.05, 0.1) is 12.2 Å². The molecule has 8 nitrogen and oxygen atoms in total. The van der Waals surface area contributed by atoms with E-state index in [9.17, 15) is 14.0 Å². The van der Waals surface area contributed by atoms with Crippen LogP contribution in [0.15, 0.2) is 47.3 Å². The molecule has 0 saturated heterocycles. The van der Waals surface area contributed by atoms with Crippen LogP contribution in [0.3, 0.4) is 0 Å². The van der Waals surface area contributed by atoms with Gasteiger partial charge in [0.2, 0.25) is 0 Å². The largest absolute Gasteiger partial charge is 0.481 e. The van der Waals surface area contributed by atoms with E-state index in [-0.39, 0.29) is 31.0 Å². The van der Waals surface area contributed by atoms with Gasteiger partial charge >= 0.3 is 0 Å². The van der Waals surface area contributed by atoms with Crippen LogP contribution in [0.4, 0.5) is 4.39 Å². The molecule has 0 atom stereocenters. The van der Waals surface area contributed by atoms with Gasteiger partial charge in [0, 0.05) is 18.3 Å². The number of carbonyl (C=O) groups is 1. The lowest BCUT2D eigenvalue weighted by molar-refractivity contribution is -0.123. The van der Waals surface area contributed by atoms with E-state index >= 15 is 0 Å².